The second kappa shape index (κ2) is 8.21. The van der Waals surface area contributed by atoms with Crippen LogP contribution >= 0.6 is 0 Å². The fraction of sp³-hybridized carbons (Fsp3) is 0.263. The van der Waals surface area contributed by atoms with Crippen LogP contribution < -0.4 is 0 Å². The molecular formula is C19H22O. The van der Waals surface area contributed by atoms with Gasteiger partial charge in [0.1, 0.15) is 12.4 Å². The molecule has 0 aliphatic carbocycles. The molecule has 0 fully saturated rings. The molecule has 0 N–H and O–H groups in total. The van der Waals surface area contributed by atoms with Crippen molar-refractivity contribution in [2.75, 3.05) is 0 Å². The van der Waals surface area contributed by atoms with Crippen LogP contribution in [-0.4, -0.2) is 0 Å². The topological polar surface area (TPSA) is 9.23 Å². The van der Waals surface area contributed by atoms with Gasteiger partial charge in [0, 0.05) is 5.56 Å². The standard InChI is InChI=1S/C19H22O/c1-2-3-6-15-19(18-13-9-5-10-14-18)20-16-17-11-7-4-8-12-17/h4-5,7-15H,2-3,6,16H2,1H3/b19-15-. The number of rotatable bonds is 7. The molecule has 0 amide bonds. The first-order valence-electron chi connectivity index (χ1n) is 7.32. The average molecular weight is 266 g/mol. The lowest BCUT2D eigenvalue weighted by Crippen LogP contribution is -1.94. The van der Waals surface area contributed by atoms with Gasteiger partial charge in [0.2, 0.25) is 0 Å². The highest BCUT2D eigenvalue weighted by molar-refractivity contribution is 5.59. The number of unbranched alkanes of at least 4 members (excludes halogenated alkanes) is 2. The minimum Gasteiger partial charge on any atom is -0.489 e. The molecule has 20 heavy (non-hydrogen) atoms. The predicted octanol–water partition coefficient (Wildman–Crippen LogP) is 5.43. The van der Waals surface area contributed by atoms with Gasteiger partial charge in [0.25, 0.3) is 0 Å². The lowest BCUT2D eigenvalue weighted by Gasteiger charge is -2.11. The van der Waals surface area contributed by atoms with Gasteiger partial charge in [-0.2, -0.15) is 0 Å². The third kappa shape index (κ3) is 4.58. The van der Waals surface area contributed by atoms with Crippen molar-refractivity contribution in [3.05, 3.63) is 77.9 Å². The molecule has 0 aromatic heterocycles. The molecule has 0 unspecified atom stereocenters. The summed E-state index contributed by atoms with van der Waals surface area (Å²) in [5.41, 5.74) is 2.35. The number of benzene rings is 2. The summed E-state index contributed by atoms with van der Waals surface area (Å²) in [7, 11) is 0. The first kappa shape index (κ1) is 14.4. The zero-order valence-electron chi connectivity index (χ0n) is 12.1. The average Bonchev–Trinajstić information content (AvgIpc) is 2.52. The Balaban J connectivity index is 2.05. The molecule has 0 heterocycles. The van der Waals surface area contributed by atoms with Crippen molar-refractivity contribution in [3.8, 4) is 0 Å². The highest BCUT2D eigenvalue weighted by atomic mass is 16.5. The van der Waals surface area contributed by atoms with E-state index in [1.165, 1.54) is 18.4 Å². The largest absolute Gasteiger partial charge is 0.489 e. The molecule has 0 spiro atoms. The molecule has 0 aliphatic heterocycles. The smallest absolute Gasteiger partial charge is 0.123 e. The molecule has 0 saturated heterocycles. The Hall–Kier alpha value is -2.02. The van der Waals surface area contributed by atoms with Gasteiger partial charge in [-0.3, -0.25) is 0 Å². The Morgan fingerprint density at radius 3 is 2.25 bits per heavy atom. The van der Waals surface area contributed by atoms with Crippen LogP contribution in [0.15, 0.2) is 66.7 Å². The predicted molar refractivity (Wildman–Crippen MR) is 85.2 cm³/mol. The Morgan fingerprint density at radius 2 is 1.60 bits per heavy atom. The van der Waals surface area contributed by atoms with Gasteiger partial charge in [0.05, 0.1) is 0 Å². The lowest BCUT2D eigenvalue weighted by atomic mass is 10.1. The maximum absolute atomic E-state index is 6.02. The molecule has 1 nitrogen and oxygen atoms in total. The number of hydrogen-bond donors (Lipinski definition) is 0. The SMILES string of the molecule is CCCC/C=C(\OCc1ccccc1)c1ccccc1. The summed E-state index contributed by atoms with van der Waals surface area (Å²) in [6.45, 7) is 2.83. The second-order valence-electron chi connectivity index (χ2n) is 4.85. The molecule has 0 saturated carbocycles. The van der Waals surface area contributed by atoms with Gasteiger partial charge in [-0.25, -0.2) is 0 Å². The van der Waals surface area contributed by atoms with E-state index in [0.29, 0.717) is 6.61 Å². The zero-order chi connectivity index (χ0) is 14.0. The van der Waals surface area contributed by atoms with Crippen LogP contribution in [0.3, 0.4) is 0 Å². The van der Waals surface area contributed by atoms with Gasteiger partial charge in [0.15, 0.2) is 0 Å². The molecule has 2 aromatic rings. The summed E-state index contributed by atoms with van der Waals surface area (Å²) < 4.78 is 6.02. The quantitative estimate of drug-likeness (QED) is 0.479. The maximum Gasteiger partial charge on any atom is 0.123 e. The van der Waals surface area contributed by atoms with E-state index in [1.807, 2.05) is 24.3 Å². The van der Waals surface area contributed by atoms with E-state index < -0.39 is 0 Å². The van der Waals surface area contributed by atoms with Crippen LogP contribution in [0.1, 0.15) is 37.3 Å². The van der Waals surface area contributed by atoms with Crippen molar-refractivity contribution in [2.45, 2.75) is 32.8 Å². The summed E-state index contributed by atoms with van der Waals surface area (Å²) in [5.74, 6) is 0.989. The molecule has 2 rings (SSSR count). The highest BCUT2D eigenvalue weighted by Crippen LogP contribution is 2.19. The minimum atomic E-state index is 0.619. The van der Waals surface area contributed by atoms with Crippen molar-refractivity contribution < 1.29 is 4.74 Å². The lowest BCUT2D eigenvalue weighted by molar-refractivity contribution is 0.263. The fourth-order valence-corrected chi connectivity index (χ4v) is 2.04. The van der Waals surface area contributed by atoms with E-state index in [-0.39, 0.29) is 0 Å². The number of ether oxygens (including phenoxy) is 1. The zero-order valence-corrected chi connectivity index (χ0v) is 12.1. The summed E-state index contributed by atoms with van der Waals surface area (Å²) in [5, 5.41) is 0. The Morgan fingerprint density at radius 1 is 0.950 bits per heavy atom. The molecule has 0 bridgehead atoms. The Bertz CT molecular complexity index is 514. The highest BCUT2D eigenvalue weighted by Gasteiger charge is 2.02. The van der Waals surface area contributed by atoms with Crippen molar-refractivity contribution in [3.63, 3.8) is 0 Å². The maximum atomic E-state index is 6.02. The van der Waals surface area contributed by atoms with Crippen molar-refractivity contribution in [1.82, 2.24) is 0 Å². The van der Waals surface area contributed by atoms with E-state index in [0.717, 1.165) is 17.7 Å². The normalized spacial score (nSPS) is 11.3. The van der Waals surface area contributed by atoms with Crippen molar-refractivity contribution in [2.24, 2.45) is 0 Å². The van der Waals surface area contributed by atoms with E-state index in [1.54, 1.807) is 0 Å². The van der Waals surface area contributed by atoms with Gasteiger partial charge in [-0.05, 0) is 24.5 Å². The summed E-state index contributed by atoms with van der Waals surface area (Å²) in [6.07, 6.45) is 5.68. The van der Waals surface area contributed by atoms with Crippen molar-refractivity contribution >= 4 is 5.76 Å². The summed E-state index contributed by atoms with van der Waals surface area (Å²) >= 11 is 0. The Kier molecular flexibility index (Phi) is 5.91. The fourth-order valence-electron chi connectivity index (χ4n) is 2.04. The summed E-state index contributed by atoms with van der Waals surface area (Å²) in [4.78, 5) is 0. The van der Waals surface area contributed by atoms with E-state index in [4.69, 9.17) is 4.74 Å². The molecule has 1 heteroatoms. The molecule has 0 atom stereocenters. The molecule has 2 aromatic carbocycles. The van der Waals surface area contributed by atoms with Crippen LogP contribution in [0.25, 0.3) is 5.76 Å². The third-order valence-corrected chi connectivity index (χ3v) is 3.18. The van der Waals surface area contributed by atoms with E-state index >= 15 is 0 Å². The van der Waals surface area contributed by atoms with Gasteiger partial charge < -0.3 is 4.74 Å². The number of allylic oxidation sites excluding steroid dienone is 1. The van der Waals surface area contributed by atoms with Gasteiger partial charge in [-0.1, -0.05) is 74.0 Å². The molecule has 0 aliphatic rings. The van der Waals surface area contributed by atoms with Gasteiger partial charge in [-0.15, -0.1) is 0 Å². The van der Waals surface area contributed by atoms with E-state index in [9.17, 15) is 0 Å². The monoisotopic (exact) mass is 266 g/mol. The van der Waals surface area contributed by atoms with Crippen LogP contribution in [0.5, 0.6) is 0 Å². The van der Waals surface area contributed by atoms with Gasteiger partial charge >= 0.3 is 0 Å². The first-order valence-corrected chi connectivity index (χ1v) is 7.32. The third-order valence-electron chi connectivity index (χ3n) is 3.18. The van der Waals surface area contributed by atoms with E-state index in [2.05, 4.69) is 49.4 Å². The first-order chi connectivity index (χ1) is 9.90. The minimum absolute atomic E-state index is 0.619. The Labute approximate surface area is 121 Å². The molecular weight excluding hydrogens is 244 g/mol. The molecule has 0 radical (unpaired) electrons. The van der Waals surface area contributed by atoms with Crippen LogP contribution in [-0.2, 0) is 11.3 Å². The molecule has 104 valence electrons. The summed E-state index contributed by atoms with van der Waals surface area (Å²) in [6, 6.07) is 20.6. The van der Waals surface area contributed by atoms with Crippen LogP contribution in [0.2, 0.25) is 0 Å². The van der Waals surface area contributed by atoms with Crippen LogP contribution in [0.4, 0.5) is 0 Å². The second-order valence-corrected chi connectivity index (χ2v) is 4.85. The van der Waals surface area contributed by atoms with Crippen LogP contribution in [0, 0.1) is 0 Å². The van der Waals surface area contributed by atoms with Crippen molar-refractivity contribution in [1.29, 1.82) is 0 Å². The number of hydrogen-bond acceptors (Lipinski definition) is 1.